The zero-order valence-corrected chi connectivity index (χ0v) is 13.9. The minimum atomic E-state index is -0.0141. The van der Waals surface area contributed by atoms with E-state index in [2.05, 4.69) is 82.3 Å². The minimum Gasteiger partial charge on any atom is -0.324 e. The van der Waals surface area contributed by atoms with Crippen LogP contribution in [0.5, 0.6) is 0 Å². The van der Waals surface area contributed by atoms with Gasteiger partial charge in [0.1, 0.15) is 0 Å². The first-order chi connectivity index (χ1) is 10.6. The Morgan fingerprint density at radius 1 is 1.00 bits per heavy atom. The van der Waals surface area contributed by atoms with Crippen molar-refractivity contribution in [1.29, 1.82) is 0 Å². The van der Waals surface area contributed by atoms with E-state index in [1.165, 1.54) is 33.4 Å². The molecule has 0 amide bonds. The number of aryl methyl sites for hydroxylation is 1. The van der Waals surface area contributed by atoms with Crippen molar-refractivity contribution in [3.05, 3.63) is 82.9 Å². The molecule has 0 heterocycles. The molecule has 0 aromatic heterocycles. The molecular weight excluding hydrogens is 266 g/mol. The number of benzene rings is 2. The van der Waals surface area contributed by atoms with Gasteiger partial charge >= 0.3 is 0 Å². The molecule has 2 aromatic carbocycles. The predicted molar refractivity (Wildman–Crippen MR) is 97.5 cm³/mol. The molecule has 1 nitrogen and oxygen atoms in total. The second kappa shape index (κ2) is 7.24. The molecule has 0 aliphatic heterocycles. The van der Waals surface area contributed by atoms with Crippen LogP contribution in [0.3, 0.4) is 0 Å². The van der Waals surface area contributed by atoms with Crippen LogP contribution in [-0.4, -0.2) is 6.04 Å². The second-order valence-corrected chi connectivity index (χ2v) is 5.71. The summed E-state index contributed by atoms with van der Waals surface area (Å²) in [6, 6.07) is 18.9. The van der Waals surface area contributed by atoms with Crippen molar-refractivity contribution >= 4 is 11.1 Å². The molecule has 0 fully saturated rings. The van der Waals surface area contributed by atoms with Gasteiger partial charge in [-0.15, -0.1) is 0 Å². The van der Waals surface area contributed by atoms with Crippen molar-refractivity contribution in [2.45, 2.75) is 33.7 Å². The van der Waals surface area contributed by atoms with E-state index in [0.29, 0.717) is 0 Å². The lowest BCUT2D eigenvalue weighted by molar-refractivity contribution is 0.938. The molecule has 114 valence electrons. The average molecular weight is 291 g/mol. The second-order valence-electron chi connectivity index (χ2n) is 5.71. The lowest BCUT2D eigenvalue weighted by Crippen LogP contribution is -2.19. The Kier molecular flexibility index (Phi) is 5.35. The zero-order valence-electron chi connectivity index (χ0n) is 13.9. The van der Waals surface area contributed by atoms with Crippen LogP contribution in [0.4, 0.5) is 0 Å². The summed E-state index contributed by atoms with van der Waals surface area (Å²) < 4.78 is 0. The SMILES string of the molecule is C/C=C(\C(C)=C(\c1ccccc1C)C(C)N)c1ccccc1. The Bertz CT molecular complexity index is 691. The number of rotatable bonds is 4. The first-order valence-corrected chi connectivity index (χ1v) is 7.80. The normalized spacial score (nSPS) is 14.5. The summed E-state index contributed by atoms with van der Waals surface area (Å²) in [4.78, 5) is 0. The average Bonchev–Trinajstić information content (AvgIpc) is 2.51. The Labute approximate surface area is 134 Å². The van der Waals surface area contributed by atoms with Crippen LogP contribution < -0.4 is 5.73 Å². The van der Waals surface area contributed by atoms with Crippen molar-refractivity contribution in [1.82, 2.24) is 0 Å². The topological polar surface area (TPSA) is 26.0 Å². The van der Waals surface area contributed by atoms with Gasteiger partial charge in [0.15, 0.2) is 0 Å². The fraction of sp³-hybridized carbons (Fsp3) is 0.238. The largest absolute Gasteiger partial charge is 0.324 e. The van der Waals surface area contributed by atoms with Crippen molar-refractivity contribution in [3.8, 4) is 0 Å². The van der Waals surface area contributed by atoms with Gasteiger partial charge in [-0.05, 0) is 61.1 Å². The molecule has 0 saturated heterocycles. The number of hydrogen-bond acceptors (Lipinski definition) is 1. The fourth-order valence-electron chi connectivity index (χ4n) is 3.03. The highest BCUT2D eigenvalue weighted by Crippen LogP contribution is 2.32. The van der Waals surface area contributed by atoms with Crippen LogP contribution in [0.2, 0.25) is 0 Å². The molecule has 1 unspecified atom stereocenters. The number of hydrogen-bond donors (Lipinski definition) is 1. The van der Waals surface area contributed by atoms with Gasteiger partial charge in [-0.3, -0.25) is 0 Å². The highest BCUT2D eigenvalue weighted by molar-refractivity contribution is 5.90. The van der Waals surface area contributed by atoms with Crippen LogP contribution in [-0.2, 0) is 0 Å². The lowest BCUT2D eigenvalue weighted by Gasteiger charge is -2.20. The van der Waals surface area contributed by atoms with Crippen LogP contribution in [0.1, 0.15) is 37.5 Å². The first-order valence-electron chi connectivity index (χ1n) is 7.80. The molecule has 0 spiro atoms. The van der Waals surface area contributed by atoms with Crippen molar-refractivity contribution in [2.24, 2.45) is 5.73 Å². The van der Waals surface area contributed by atoms with Gasteiger partial charge in [0.25, 0.3) is 0 Å². The summed E-state index contributed by atoms with van der Waals surface area (Å²) in [6.45, 7) is 8.46. The van der Waals surface area contributed by atoms with E-state index in [4.69, 9.17) is 5.73 Å². The third-order valence-electron chi connectivity index (χ3n) is 4.07. The maximum Gasteiger partial charge on any atom is 0.0275 e. The minimum absolute atomic E-state index is 0.0141. The maximum atomic E-state index is 6.32. The molecule has 1 atom stereocenters. The third-order valence-corrected chi connectivity index (χ3v) is 4.07. The van der Waals surface area contributed by atoms with E-state index < -0.39 is 0 Å². The molecule has 2 rings (SSSR count). The molecule has 2 N–H and O–H groups in total. The molecule has 0 aliphatic carbocycles. The van der Waals surface area contributed by atoms with Gasteiger partial charge in [0.2, 0.25) is 0 Å². The van der Waals surface area contributed by atoms with Crippen molar-refractivity contribution < 1.29 is 0 Å². The monoisotopic (exact) mass is 291 g/mol. The molecule has 0 aliphatic rings. The van der Waals surface area contributed by atoms with E-state index in [0.717, 1.165) is 0 Å². The quantitative estimate of drug-likeness (QED) is 0.768. The van der Waals surface area contributed by atoms with E-state index >= 15 is 0 Å². The Hall–Kier alpha value is -2.12. The molecule has 0 radical (unpaired) electrons. The Balaban J connectivity index is 2.63. The maximum absolute atomic E-state index is 6.32. The highest BCUT2D eigenvalue weighted by Gasteiger charge is 2.15. The van der Waals surface area contributed by atoms with Gasteiger partial charge in [-0.2, -0.15) is 0 Å². The fourth-order valence-corrected chi connectivity index (χ4v) is 3.03. The van der Waals surface area contributed by atoms with Crippen molar-refractivity contribution in [3.63, 3.8) is 0 Å². The summed E-state index contributed by atoms with van der Waals surface area (Å²) in [6.07, 6.45) is 2.17. The van der Waals surface area contributed by atoms with E-state index in [-0.39, 0.29) is 6.04 Å². The number of nitrogens with two attached hydrogens (primary N) is 1. The molecule has 0 saturated carbocycles. The molecule has 2 aromatic rings. The lowest BCUT2D eigenvalue weighted by atomic mass is 9.87. The van der Waals surface area contributed by atoms with Crippen LogP contribution >= 0.6 is 0 Å². The van der Waals surface area contributed by atoms with E-state index in [1.54, 1.807) is 0 Å². The van der Waals surface area contributed by atoms with Crippen LogP contribution in [0.15, 0.2) is 66.2 Å². The molecular formula is C21H25N. The number of allylic oxidation sites excluding steroid dienone is 3. The smallest absolute Gasteiger partial charge is 0.0275 e. The first kappa shape index (κ1) is 16.3. The summed E-state index contributed by atoms with van der Waals surface area (Å²) in [7, 11) is 0. The van der Waals surface area contributed by atoms with Gasteiger partial charge in [0, 0.05) is 6.04 Å². The van der Waals surface area contributed by atoms with E-state index in [1.807, 2.05) is 6.07 Å². The Morgan fingerprint density at radius 3 is 2.14 bits per heavy atom. The van der Waals surface area contributed by atoms with Gasteiger partial charge < -0.3 is 5.73 Å². The molecule has 22 heavy (non-hydrogen) atoms. The van der Waals surface area contributed by atoms with Crippen LogP contribution in [0.25, 0.3) is 11.1 Å². The third kappa shape index (κ3) is 3.37. The summed E-state index contributed by atoms with van der Waals surface area (Å²) >= 11 is 0. The zero-order chi connectivity index (χ0) is 16.1. The predicted octanol–water partition coefficient (Wildman–Crippen LogP) is 5.22. The van der Waals surface area contributed by atoms with Crippen LogP contribution in [0, 0.1) is 6.92 Å². The standard InChI is InChI=1S/C21H25N/c1-5-19(18-12-7-6-8-13-18)16(3)21(17(4)22)20-14-10-9-11-15(20)2/h5-14,17H,22H2,1-4H3/b19-5+,21-16+. The highest BCUT2D eigenvalue weighted by atomic mass is 14.6. The molecule has 0 bridgehead atoms. The summed E-state index contributed by atoms with van der Waals surface area (Å²) in [5, 5.41) is 0. The van der Waals surface area contributed by atoms with Gasteiger partial charge in [-0.1, -0.05) is 60.7 Å². The summed E-state index contributed by atoms with van der Waals surface area (Å²) in [5.74, 6) is 0. The van der Waals surface area contributed by atoms with E-state index in [9.17, 15) is 0 Å². The summed E-state index contributed by atoms with van der Waals surface area (Å²) in [5.41, 5.74) is 13.8. The Morgan fingerprint density at radius 2 is 1.59 bits per heavy atom. The van der Waals surface area contributed by atoms with Gasteiger partial charge in [-0.25, -0.2) is 0 Å². The van der Waals surface area contributed by atoms with Gasteiger partial charge in [0.05, 0.1) is 0 Å². The molecule has 1 heteroatoms. The van der Waals surface area contributed by atoms with Crippen molar-refractivity contribution in [2.75, 3.05) is 0 Å².